The van der Waals surface area contributed by atoms with Crippen molar-refractivity contribution in [1.82, 2.24) is 0 Å². The third-order valence-corrected chi connectivity index (χ3v) is 8.00. The smallest absolute Gasteiger partial charge is 0.332 e. The molecule has 0 radical (unpaired) electrons. The molecule has 0 fully saturated rings. The summed E-state index contributed by atoms with van der Waals surface area (Å²) in [6, 6.07) is 0. The molecule has 33 heavy (non-hydrogen) atoms. The molecule has 0 spiro atoms. The number of carbonyl (C=O) groups is 1. The van der Waals surface area contributed by atoms with Gasteiger partial charge in [-0.15, -0.1) is 0 Å². The van der Waals surface area contributed by atoms with Crippen molar-refractivity contribution in [3.8, 4) is 0 Å². The molecule has 0 aliphatic heterocycles. The quantitative estimate of drug-likeness (QED) is 0.0954. The number of hydrogen-bond donors (Lipinski definition) is 2. The summed E-state index contributed by atoms with van der Waals surface area (Å²) in [6.45, 7) is 9.11. The molecule has 5 atom stereocenters. The molecule has 0 rings (SSSR count). The first-order valence-corrected chi connectivity index (χ1v) is 14.7. The topological polar surface area (TPSA) is 108 Å². The maximum atomic E-state index is 12.0. The number of carbonyl (C=O) groups excluding carboxylic acids is 1. The summed E-state index contributed by atoms with van der Waals surface area (Å²) in [7, 11) is -3.83. The van der Waals surface area contributed by atoms with E-state index < -0.39 is 19.4 Å². The van der Waals surface area contributed by atoms with Gasteiger partial charge in [-0.25, -0.2) is 0 Å². The van der Waals surface area contributed by atoms with Gasteiger partial charge >= 0.3 is 7.60 Å². The van der Waals surface area contributed by atoms with E-state index in [-0.39, 0.29) is 19.8 Å². The van der Waals surface area contributed by atoms with Gasteiger partial charge in [-0.05, 0) is 25.2 Å². The molecule has 0 aromatic carbocycles. The molecule has 0 aromatic heterocycles. The Balaban J connectivity index is 3.89. The Hall–Kier alpha value is -0.460. The van der Waals surface area contributed by atoms with Crippen LogP contribution in [0.25, 0.3) is 0 Å². The van der Waals surface area contributed by atoms with Crippen LogP contribution in [0.2, 0.25) is 0 Å². The summed E-state index contributed by atoms with van der Waals surface area (Å²) in [5.41, 5.74) is 4.75. The van der Waals surface area contributed by atoms with E-state index in [0.717, 1.165) is 6.42 Å². The largest absolute Gasteiger partial charge is 0.460 e. The van der Waals surface area contributed by atoms with Gasteiger partial charge in [0.25, 0.3) is 6.47 Å². The van der Waals surface area contributed by atoms with Crippen molar-refractivity contribution in [2.24, 2.45) is 17.6 Å². The van der Waals surface area contributed by atoms with Gasteiger partial charge < -0.3 is 24.6 Å². The molecular weight excluding hydrogens is 441 g/mol. The van der Waals surface area contributed by atoms with Crippen LogP contribution in [0.15, 0.2) is 0 Å². The Morgan fingerprint density at radius 3 is 2.00 bits per heavy atom. The molecule has 0 aliphatic rings. The maximum Gasteiger partial charge on any atom is 0.332 e. The Morgan fingerprint density at radius 1 is 0.879 bits per heavy atom. The second-order valence-corrected chi connectivity index (χ2v) is 12.0. The summed E-state index contributed by atoms with van der Waals surface area (Å²) in [4.78, 5) is 20.6. The monoisotopic (exact) mass is 493 g/mol. The van der Waals surface area contributed by atoms with E-state index in [4.69, 9.17) is 19.7 Å². The first-order chi connectivity index (χ1) is 15.8. The van der Waals surface area contributed by atoms with Crippen molar-refractivity contribution in [3.63, 3.8) is 0 Å². The molecule has 198 valence electrons. The summed E-state index contributed by atoms with van der Waals surface area (Å²) >= 11 is 0. The van der Waals surface area contributed by atoms with Gasteiger partial charge in [-0.3, -0.25) is 9.36 Å². The minimum absolute atomic E-state index is 0.0400. The second kappa shape index (κ2) is 20.9. The standard InChI is InChI=1S/C25H52NO6P/c1-5-6-7-8-9-10-11-12-13-14-15-22(2)16-23(3)18-30-19-25(31-21-27)20-32-33(28,29)24(4)17-26/h21-25H,5-20,26H2,1-4H3,(H,28,29). The average Bonchev–Trinajstić information content (AvgIpc) is 2.78. The molecule has 7 nitrogen and oxygen atoms in total. The Kier molecular flexibility index (Phi) is 20.6. The lowest BCUT2D eigenvalue weighted by atomic mass is 9.93. The van der Waals surface area contributed by atoms with Crippen molar-refractivity contribution in [1.29, 1.82) is 0 Å². The minimum atomic E-state index is -3.83. The zero-order valence-corrected chi connectivity index (χ0v) is 22.6. The average molecular weight is 494 g/mol. The van der Waals surface area contributed by atoms with E-state index in [2.05, 4.69) is 20.8 Å². The van der Waals surface area contributed by atoms with Gasteiger partial charge in [0.1, 0.15) is 6.10 Å². The van der Waals surface area contributed by atoms with Gasteiger partial charge in [0.2, 0.25) is 0 Å². The lowest BCUT2D eigenvalue weighted by Gasteiger charge is -2.22. The van der Waals surface area contributed by atoms with E-state index in [1.807, 2.05) is 0 Å². The van der Waals surface area contributed by atoms with Gasteiger partial charge in [-0.2, -0.15) is 0 Å². The van der Waals surface area contributed by atoms with Gasteiger partial charge in [-0.1, -0.05) is 91.4 Å². The molecule has 0 bridgehead atoms. The third-order valence-electron chi connectivity index (χ3n) is 6.15. The first-order valence-electron chi connectivity index (χ1n) is 13.1. The summed E-state index contributed by atoms with van der Waals surface area (Å²) in [5, 5.41) is 0. The van der Waals surface area contributed by atoms with Gasteiger partial charge in [0.15, 0.2) is 0 Å². The fourth-order valence-electron chi connectivity index (χ4n) is 3.91. The van der Waals surface area contributed by atoms with E-state index in [9.17, 15) is 14.3 Å². The molecule has 0 aromatic rings. The first kappa shape index (κ1) is 32.5. The molecule has 0 saturated heterocycles. The second-order valence-electron chi connectivity index (χ2n) is 9.75. The third kappa shape index (κ3) is 18.5. The van der Waals surface area contributed by atoms with E-state index in [0.29, 0.717) is 24.9 Å². The molecule has 8 heteroatoms. The zero-order valence-electron chi connectivity index (χ0n) is 21.7. The van der Waals surface area contributed by atoms with E-state index in [1.165, 1.54) is 70.6 Å². The summed E-state index contributed by atoms with van der Waals surface area (Å²) < 4.78 is 27.8. The fourth-order valence-corrected chi connectivity index (χ4v) is 4.81. The Labute approximate surface area is 203 Å². The highest BCUT2D eigenvalue weighted by Gasteiger charge is 2.29. The molecule has 0 heterocycles. The normalized spacial score (nSPS) is 17.2. The fraction of sp³-hybridized carbons (Fsp3) is 0.960. The lowest BCUT2D eigenvalue weighted by molar-refractivity contribution is -0.139. The van der Waals surface area contributed by atoms with Crippen LogP contribution < -0.4 is 5.73 Å². The molecule has 5 unspecified atom stereocenters. The van der Waals surface area contributed by atoms with Crippen LogP contribution >= 0.6 is 7.60 Å². The number of hydrogen-bond acceptors (Lipinski definition) is 6. The molecule has 0 amide bonds. The molecule has 0 aliphatic carbocycles. The number of nitrogens with two attached hydrogens (primary N) is 1. The van der Waals surface area contributed by atoms with Gasteiger partial charge in [0, 0.05) is 13.2 Å². The van der Waals surface area contributed by atoms with Crippen LogP contribution in [0, 0.1) is 11.8 Å². The van der Waals surface area contributed by atoms with Crippen LogP contribution in [0.1, 0.15) is 105 Å². The molecule has 0 saturated carbocycles. The Bertz CT molecular complexity index is 507. The van der Waals surface area contributed by atoms with Crippen LogP contribution in [0.5, 0.6) is 0 Å². The van der Waals surface area contributed by atoms with Gasteiger partial charge in [0.05, 0.1) is 18.9 Å². The zero-order chi connectivity index (χ0) is 25.0. The minimum Gasteiger partial charge on any atom is -0.460 e. The van der Waals surface area contributed by atoms with E-state index >= 15 is 0 Å². The Morgan fingerprint density at radius 2 is 1.45 bits per heavy atom. The van der Waals surface area contributed by atoms with Crippen LogP contribution in [0.4, 0.5) is 0 Å². The van der Waals surface area contributed by atoms with Crippen molar-refractivity contribution in [2.45, 2.75) is 117 Å². The predicted molar refractivity (Wildman–Crippen MR) is 135 cm³/mol. The van der Waals surface area contributed by atoms with E-state index in [1.54, 1.807) is 6.92 Å². The van der Waals surface area contributed by atoms with Crippen molar-refractivity contribution in [3.05, 3.63) is 0 Å². The maximum absolute atomic E-state index is 12.0. The number of unbranched alkanes of at least 4 members (excludes halogenated alkanes) is 9. The van der Waals surface area contributed by atoms with Crippen molar-refractivity contribution in [2.75, 3.05) is 26.4 Å². The summed E-state index contributed by atoms with van der Waals surface area (Å²) in [5.74, 6) is 1.04. The van der Waals surface area contributed by atoms with Crippen molar-refractivity contribution >= 4 is 14.1 Å². The summed E-state index contributed by atoms with van der Waals surface area (Å²) in [6.07, 6.45) is 15.2. The predicted octanol–water partition coefficient (Wildman–Crippen LogP) is 6.07. The highest BCUT2D eigenvalue weighted by Crippen LogP contribution is 2.46. The van der Waals surface area contributed by atoms with Crippen LogP contribution in [-0.4, -0.2) is 49.5 Å². The van der Waals surface area contributed by atoms with Crippen LogP contribution in [0.3, 0.4) is 0 Å². The molecular formula is C25H52NO6P. The number of ether oxygens (including phenoxy) is 2. The van der Waals surface area contributed by atoms with Crippen LogP contribution in [-0.2, 0) is 23.4 Å². The van der Waals surface area contributed by atoms with Crippen molar-refractivity contribution < 1.29 is 28.3 Å². The molecule has 3 N–H and O–H groups in total. The highest BCUT2D eigenvalue weighted by atomic mass is 31.2. The highest BCUT2D eigenvalue weighted by molar-refractivity contribution is 7.53. The SMILES string of the molecule is CCCCCCCCCCCCC(C)CC(C)COCC(COP(=O)(O)C(C)CN)OC=O. The lowest BCUT2D eigenvalue weighted by Crippen LogP contribution is -2.27. The number of rotatable bonds is 24.